The molecular weight excluding hydrogens is 255 g/mol. The van der Waals surface area contributed by atoms with Crippen molar-refractivity contribution in [2.75, 3.05) is 13.2 Å². The van der Waals surface area contributed by atoms with Crippen molar-refractivity contribution in [1.82, 2.24) is 0 Å². The molecule has 0 saturated carbocycles. The Balaban J connectivity index is 2.61. The second-order valence-corrected chi connectivity index (χ2v) is 4.29. The molecule has 0 radical (unpaired) electrons. The molecule has 5 nitrogen and oxygen atoms in total. The molecule has 19 heavy (non-hydrogen) atoms. The van der Waals surface area contributed by atoms with Gasteiger partial charge in [0.15, 0.2) is 0 Å². The SMILES string of the molecule is CC(C)OCC(O)COc1cc(F)ccc1C(=O)O. The van der Waals surface area contributed by atoms with Gasteiger partial charge in [-0.3, -0.25) is 0 Å². The quantitative estimate of drug-likeness (QED) is 0.790. The number of hydrogen-bond donors (Lipinski definition) is 2. The molecule has 0 spiro atoms. The summed E-state index contributed by atoms with van der Waals surface area (Å²) in [7, 11) is 0. The molecule has 0 amide bonds. The van der Waals surface area contributed by atoms with Gasteiger partial charge in [-0.05, 0) is 26.0 Å². The van der Waals surface area contributed by atoms with E-state index in [1.54, 1.807) is 0 Å². The molecule has 6 heteroatoms. The third kappa shape index (κ3) is 5.23. The van der Waals surface area contributed by atoms with Gasteiger partial charge in [-0.1, -0.05) is 0 Å². The highest BCUT2D eigenvalue weighted by atomic mass is 19.1. The lowest BCUT2D eigenvalue weighted by Gasteiger charge is -2.15. The Morgan fingerprint density at radius 3 is 2.63 bits per heavy atom. The van der Waals surface area contributed by atoms with Crippen LogP contribution in [0.3, 0.4) is 0 Å². The van der Waals surface area contributed by atoms with Gasteiger partial charge in [-0.2, -0.15) is 0 Å². The van der Waals surface area contributed by atoms with Gasteiger partial charge in [0.1, 0.15) is 29.8 Å². The summed E-state index contributed by atoms with van der Waals surface area (Å²) in [6.45, 7) is 3.54. The van der Waals surface area contributed by atoms with E-state index in [9.17, 15) is 14.3 Å². The van der Waals surface area contributed by atoms with Crippen LogP contribution < -0.4 is 4.74 Å². The lowest BCUT2D eigenvalue weighted by atomic mass is 10.2. The molecule has 0 heterocycles. The molecule has 0 aliphatic rings. The van der Waals surface area contributed by atoms with E-state index in [4.69, 9.17) is 14.6 Å². The number of carboxylic acids is 1. The van der Waals surface area contributed by atoms with Gasteiger partial charge >= 0.3 is 5.97 Å². The van der Waals surface area contributed by atoms with Crippen molar-refractivity contribution in [3.05, 3.63) is 29.6 Å². The van der Waals surface area contributed by atoms with Crippen molar-refractivity contribution in [2.24, 2.45) is 0 Å². The first-order chi connectivity index (χ1) is 8.90. The topological polar surface area (TPSA) is 76.0 Å². The molecule has 0 saturated heterocycles. The molecule has 0 aliphatic heterocycles. The summed E-state index contributed by atoms with van der Waals surface area (Å²) in [5.41, 5.74) is -0.154. The molecule has 1 aromatic carbocycles. The summed E-state index contributed by atoms with van der Waals surface area (Å²) in [6.07, 6.45) is -0.939. The minimum atomic E-state index is -1.22. The van der Waals surface area contributed by atoms with Crippen molar-refractivity contribution >= 4 is 5.97 Å². The standard InChI is InChI=1S/C13H17FO5/c1-8(2)18-6-10(15)7-19-12-5-9(14)3-4-11(12)13(16)17/h3-5,8,10,15H,6-7H2,1-2H3,(H,16,17). The number of ether oxygens (including phenoxy) is 2. The Labute approximate surface area is 110 Å². The van der Waals surface area contributed by atoms with E-state index in [0.717, 1.165) is 18.2 Å². The fourth-order valence-electron chi connectivity index (χ4n) is 1.33. The monoisotopic (exact) mass is 272 g/mol. The van der Waals surface area contributed by atoms with Gasteiger partial charge in [0.25, 0.3) is 0 Å². The molecule has 0 bridgehead atoms. The number of aliphatic hydroxyl groups excluding tert-OH is 1. The third-order valence-corrected chi connectivity index (χ3v) is 2.23. The first-order valence-corrected chi connectivity index (χ1v) is 5.85. The van der Waals surface area contributed by atoms with Crippen LogP contribution in [0.4, 0.5) is 4.39 Å². The van der Waals surface area contributed by atoms with Gasteiger partial charge < -0.3 is 19.7 Å². The highest BCUT2D eigenvalue weighted by molar-refractivity contribution is 5.90. The van der Waals surface area contributed by atoms with Gasteiger partial charge in [0.05, 0.1) is 12.7 Å². The average Bonchev–Trinajstić information content (AvgIpc) is 2.33. The maximum Gasteiger partial charge on any atom is 0.339 e. The first-order valence-electron chi connectivity index (χ1n) is 5.85. The van der Waals surface area contributed by atoms with Gasteiger partial charge in [-0.15, -0.1) is 0 Å². The summed E-state index contributed by atoms with van der Waals surface area (Å²) >= 11 is 0. The highest BCUT2D eigenvalue weighted by Gasteiger charge is 2.14. The van der Waals surface area contributed by atoms with Crippen molar-refractivity contribution in [2.45, 2.75) is 26.1 Å². The molecule has 1 aromatic rings. The Hall–Kier alpha value is -1.66. The Kier molecular flexibility index (Phi) is 5.72. The van der Waals surface area contributed by atoms with E-state index in [1.165, 1.54) is 0 Å². The van der Waals surface area contributed by atoms with Crippen LogP contribution in [0.1, 0.15) is 24.2 Å². The molecule has 1 atom stereocenters. The molecular formula is C13H17FO5. The normalized spacial score (nSPS) is 12.5. The maximum absolute atomic E-state index is 13.0. The fourth-order valence-corrected chi connectivity index (χ4v) is 1.33. The van der Waals surface area contributed by atoms with E-state index in [-0.39, 0.29) is 30.6 Å². The summed E-state index contributed by atoms with van der Waals surface area (Å²) in [5, 5.41) is 18.5. The van der Waals surface area contributed by atoms with E-state index in [2.05, 4.69) is 0 Å². The Morgan fingerprint density at radius 2 is 2.05 bits per heavy atom. The van der Waals surface area contributed by atoms with Crippen molar-refractivity contribution in [1.29, 1.82) is 0 Å². The zero-order valence-electron chi connectivity index (χ0n) is 10.8. The van der Waals surface area contributed by atoms with E-state index in [1.807, 2.05) is 13.8 Å². The largest absolute Gasteiger partial charge is 0.490 e. The van der Waals surface area contributed by atoms with Crippen molar-refractivity contribution in [3.8, 4) is 5.75 Å². The third-order valence-electron chi connectivity index (χ3n) is 2.23. The van der Waals surface area contributed by atoms with Crippen LogP contribution in [-0.4, -0.2) is 41.6 Å². The second kappa shape index (κ2) is 7.06. The summed E-state index contributed by atoms with van der Waals surface area (Å²) in [4.78, 5) is 10.9. The molecule has 1 unspecified atom stereocenters. The zero-order valence-corrected chi connectivity index (χ0v) is 10.8. The smallest absolute Gasteiger partial charge is 0.339 e. The predicted octanol–water partition coefficient (Wildman–Crippen LogP) is 1.69. The molecule has 2 N–H and O–H groups in total. The number of carbonyl (C=O) groups is 1. The Bertz CT molecular complexity index is 433. The van der Waals surface area contributed by atoms with Crippen LogP contribution in [0.5, 0.6) is 5.75 Å². The lowest BCUT2D eigenvalue weighted by molar-refractivity contribution is -0.0124. The number of carboxylic acid groups (broad SMARTS) is 1. The van der Waals surface area contributed by atoms with Crippen LogP contribution >= 0.6 is 0 Å². The zero-order chi connectivity index (χ0) is 14.4. The van der Waals surface area contributed by atoms with Crippen LogP contribution in [0, 0.1) is 5.82 Å². The summed E-state index contributed by atoms with van der Waals surface area (Å²) in [6, 6.07) is 3.12. The van der Waals surface area contributed by atoms with Crippen LogP contribution in [0.25, 0.3) is 0 Å². The number of halogens is 1. The molecule has 0 fully saturated rings. The first kappa shape index (κ1) is 15.4. The summed E-state index contributed by atoms with van der Waals surface area (Å²) < 4.78 is 23.3. The number of aromatic carboxylic acids is 1. The fraction of sp³-hybridized carbons (Fsp3) is 0.462. The molecule has 0 aliphatic carbocycles. The van der Waals surface area contributed by atoms with Crippen LogP contribution in [0.2, 0.25) is 0 Å². The second-order valence-electron chi connectivity index (χ2n) is 4.29. The average molecular weight is 272 g/mol. The van der Waals surface area contributed by atoms with Gasteiger partial charge in [0.2, 0.25) is 0 Å². The number of hydrogen-bond acceptors (Lipinski definition) is 4. The van der Waals surface area contributed by atoms with Gasteiger partial charge in [0, 0.05) is 6.07 Å². The number of aliphatic hydroxyl groups is 1. The molecule has 1 rings (SSSR count). The van der Waals surface area contributed by atoms with Gasteiger partial charge in [-0.25, -0.2) is 9.18 Å². The Morgan fingerprint density at radius 1 is 1.37 bits per heavy atom. The van der Waals surface area contributed by atoms with Crippen molar-refractivity contribution < 1.29 is 28.9 Å². The van der Waals surface area contributed by atoms with E-state index < -0.39 is 17.9 Å². The number of rotatable bonds is 7. The maximum atomic E-state index is 13.0. The predicted molar refractivity (Wildman–Crippen MR) is 65.9 cm³/mol. The van der Waals surface area contributed by atoms with E-state index >= 15 is 0 Å². The molecule has 106 valence electrons. The lowest BCUT2D eigenvalue weighted by Crippen LogP contribution is -2.25. The molecule has 0 aromatic heterocycles. The van der Waals surface area contributed by atoms with E-state index in [0.29, 0.717) is 0 Å². The highest BCUT2D eigenvalue weighted by Crippen LogP contribution is 2.20. The van der Waals surface area contributed by atoms with Crippen LogP contribution in [0.15, 0.2) is 18.2 Å². The van der Waals surface area contributed by atoms with Crippen LogP contribution in [-0.2, 0) is 4.74 Å². The minimum absolute atomic E-state index is 0.0293. The summed E-state index contributed by atoms with van der Waals surface area (Å²) in [5.74, 6) is -1.94. The minimum Gasteiger partial charge on any atom is -0.490 e. The number of benzene rings is 1. The van der Waals surface area contributed by atoms with Crippen molar-refractivity contribution in [3.63, 3.8) is 0 Å².